The first kappa shape index (κ1) is 84.6. The number of carbonyl (C=O) groups is 12. The quantitative estimate of drug-likeness (QED) is 0.0478. The molecule has 14 N–H and O–H groups in total. The zero-order valence-corrected chi connectivity index (χ0v) is 68.4. The number of fused-ring (bicyclic) bond motifs is 6. The van der Waals surface area contributed by atoms with Gasteiger partial charge >= 0.3 is 0 Å². The molecule has 10 unspecified atom stereocenters. The maximum Gasteiger partial charge on any atom is 0.246 e. The van der Waals surface area contributed by atoms with Crippen molar-refractivity contribution in [2.75, 3.05) is 26.2 Å². The molecule has 4 aromatic heterocycles. The van der Waals surface area contributed by atoms with Crippen molar-refractivity contribution in [3.8, 4) is 0 Å². The molecule has 16 rings (SSSR count). The molecule has 124 heavy (non-hydrogen) atoms. The summed E-state index contributed by atoms with van der Waals surface area (Å²) >= 11 is 0. The van der Waals surface area contributed by atoms with Crippen LogP contribution in [-0.2, 0) is 109 Å². The third-order valence-corrected chi connectivity index (χ3v) is 23.6. The van der Waals surface area contributed by atoms with Crippen molar-refractivity contribution < 1.29 is 57.5 Å². The van der Waals surface area contributed by atoms with Crippen LogP contribution in [0.2, 0.25) is 0 Å². The van der Waals surface area contributed by atoms with E-state index in [1.54, 1.807) is 36.7 Å². The lowest BCUT2D eigenvalue weighted by Gasteiger charge is -2.39. The van der Waals surface area contributed by atoms with Crippen molar-refractivity contribution in [1.29, 1.82) is 0 Å². The largest absolute Gasteiger partial charge is 0.361 e. The van der Waals surface area contributed by atoms with Gasteiger partial charge in [-0.15, -0.1) is 0 Å². The molecule has 10 atom stereocenters. The van der Waals surface area contributed by atoms with Crippen molar-refractivity contribution in [2.24, 2.45) is 0 Å². The number of rotatable bonds is 16. The molecule has 0 aliphatic carbocycles. The van der Waals surface area contributed by atoms with Crippen LogP contribution >= 0.6 is 0 Å². The number of hydrogen-bond donors (Lipinski definition) is 14. The molecule has 28 heteroatoms. The number of carbonyl (C=O) groups excluding carboxylic acids is 12. The summed E-state index contributed by atoms with van der Waals surface area (Å²) in [5.41, 5.74) is 9.57. The van der Waals surface area contributed by atoms with Gasteiger partial charge in [0.05, 0.1) is 13.1 Å². The molecule has 0 saturated carbocycles. The second kappa shape index (κ2) is 39.8. The highest BCUT2D eigenvalue weighted by Crippen LogP contribution is 2.29. The number of aromatic nitrogens is 4. The van der Waals surface area contributed by atoms with Crippen LogP contribution in [0.1, 0.15) is 83.0 Å². The maximum absolute atomic E-state index is 15.1. The minimum Gasteiger partial charge on any atom is -0.361 e. The molecule has 8 heterocycles. The van der Waals surface area contributed by atoms with E-state index in [0.717, 1.165) is 88.1 Å². The zero-order chi connectivity index (χ0) is 86.0. The third-order valence-electron chi connectivity index (χ3n) is 23.6. The lowest BCUT2D eigenvalue weighted by molar-refractivity contribution is -0.147. The molecule has 636 valence electrons. The molecule has 0 radical (unpaired) electrons. The molecule has 12 amide bonds. The Hall–Kier alpha value is -14.4. The lowest BCUT2D eigenvalue weighted by atomic mass is 9.95. The number of amides is 12. The molecule has 12 aromatic rings. The van der Waals surface area contributed by atoms with Gasteiger partial charge in [0.2, 0.25) is 70.9 Å². The van der Waals surface area contributed by atoms with Crippen molar-refractivity contribution in [3.63, 3.8) is 0 Å². The molecule has 28 nitrogen and oxygen atoms in total. The molecule has 0 bridgehead atoms. The Kier molecular flexibility index (Phi) is 27.2. The maximum atomic E-state index is 15.1. The van der Waals surface area contributed by atoms with Crippen LogP contribution in [0.3, 0.4) is 0 Å². The van der Waals surface area contributed by atoms with Crippen molar-refractivity contribution >= 4 is 114 Å². The topological polar surface area (TPSA) is 395 Å². The number of piperidine rings is 2. The van der Waals surface area contributed by atoms with E-state index >= 15 is 9.59 Å². The van der Waals surface area contributed by atoms with Crippen molar-refractivity contribution in [2.45, 2.75) is 150 Å². The SMILES string of the molecule is O=C1CNC(=O)C(Cc2c[nH]c3ccccc23)NC(=O)C(Cc2ccccc2)NC(=O)CNC(=O)C(Cc2c[nH]c3ccccc23)NC(=O)C(Cc2ccccc2)N1.O=C1NC(Cc2c[nH]c3ccccc23)C(=O)N2CCCCC2C(=O)NC(Cc2ccccc2)C(=O)NC(Cc2c[nH]c3ccccc23)C(=O)N2CCCCC2C(=O)NC1Cc1ccccc1. The number of aromatic amines is 4. The molecule has 4 fully saturated rings. The number of H-pyrrole nitrogens is 4. The highest BCUT2D eigenvalue weighted by atomic mass is 16.2. The summed E-state index contributed by atoms with van der Waals surface area (Å²) < 4.78 is 0. The molecule has 8 aromatic carbocycles. The fourth-order valence-corrected chi connectivity index (χ4v) is 17.2. The van der Waals surface area contributed by atoms with E-state index in [9.17, 15) is 47.9 Å². The van der Waals surface area contributed by atoms with Gasteiger partial charge in [0.1, 0.15) is 60.4 Å². The monoisotopic (exact) mass is 1670 g/mol. The molecule has 0 spiro atoms. The Morgan fingerprint density at radius 3 is 0.782 bits per heavy atom. The van der Waals surface area contributed by atoms with Crippen LogP contribution < -0.4 is 53.2 Å². The van der Waals surface area contributed by atoms with Crippen LogP contribution in [0.5, 0.6) is 0 Å². The Balaban J connectivity index is 0.000000194. The Morgan fingerprint density at radius 1 is 0.242 bits per heavy atom. The van der Waals surface area contributed by atoms with Gasteiger partial charge in [0, 0.05) is 133 Å². The standard InChI is InChI=1S/C52H56N8O6.C44H44N8O6/c61-47-41(27-33-15-3-1-4-16-33)55-49(63)45-23-11-13-25-59(45)52(66)44(30-36-32-54-40-22-10-8-20-38(36)40)58-48(62)42(28-34-17-5-2-6-18-34)56-50(64)46-24-12-14-26-60(46)51(65)43(57-47)29-35-31-53-39-21-9-7-19-37(35)39;53-39-25-47-42(56)38(22-30-24-46-34-18-10-8-16-32(30)34)52-44(58)36(20-28-13-5-2-6-14-28)50-40(54)26-48-41(55)37(21-29-23-45-33-17-9-7-15-31(29)33)51-43(57)35(49-39)19-27-11-3-1-4-12-27/h1-10,15-22,31-32,41-46,53-54H,11-14,23-30H2,(H,55,63)(H,56,64)(H,57,61)(H,58,62);1-18,23-24,35-38,45-46H,19-22,25-26H2,(H,47,56)(H,48,55)(H,49,53)(H,50,54)(H,51,57)(H,52,58). The van der Waals surface area contributed by atoms with Crippen LogP contribution in [0.25, 0.3) is 43.6 Å². The van der Waals surface area contributed by atoms with Crippen LogP contribution in [-0.4, -0.2) is 187 Å². The van der Waals surface area contributed by atoms with E-state index in [-0.39, 0.29) is 64.5 Å². The fourth-order valence-electron chi connectivity index (χ4n) is 17.2. The number of hydrogen-bond acceptors (Lipinski definition) is 12. The average Bonchev–Trinajstić information content (AvgIpc) is 1.09. The molecule has 4 aliphatic heterocycles. The van der Waals surface area contributed by atoms with E-state index in [1.807, 2.05) is 207 Å². The Morgan fingerprint density at radius 2 is 0.484 bits per heavy atom. The van der Waals surface area contributed by atoms with Crippen LogP contribution in [0, 0.1) is 0 Å². The summed E-state index contributed by atoms with van der Waals surface area (Å²) in [6.07, 6.45) is 11.2. The first-order valence-electron chi connectivity index (χ1n) is 42.3. The van der Waals surface area contributed by atoms with Crippen molar-refractivity contribution in [1.82, 2.24) is 82.9 Å². The Labute approximate surface area is 715 Å². The van der Waals surface area contributed by atoms with Gasteiger partial charge in [-0.1, -0.05) is 194 Å². The Bertz CT molecular complexity index is 5500. The van der Waals surface area contributed by atoms with Gasteiger partial charge < -0.3 is 82.9 Å². The second-order valence-corrected chi connectivity index (χ2v) is 32.1. The summed E-state index contributed by atoms with van der Waals surface area (Å²) in [6.45, 7) is -0.507. The summed E-state index contributed by atoms with van der Waals surface area (Å²) in [6, 6.07) is 56.2. The second-order valence-electron chi connectivity index (χ2n) is 32.1. The number of para-hydroxylation sites is 4. The van der Waals surface area contributed by atoms with E-state index < -0.39 is 144 Å². The average molecular weight is 1670 g/mol. The van der Waals surface area contributed by atoms with Gasteiger partial charge in [0.15, 0.2) is 0 Å². The van der Waals surface area contributed by atoms with E-state index in [2.05, 4.69) is 73.1 Å². The number of benzene rings is 8. The minimum absolute atomic E-state index is 0.0577. The third kappa shape index (κ3) is 20.9. The molecule has 4 aliphatic rings. The fraction of sp³-hybridized carbons (Fsp3) is 0.292. The molecular formula is C96H100N16O12. The van der Waals surface area contributed by atoms with Crippen LogP contribution in [0.4, 0.5) is 0 Å². The highest BCUT2D eigenvalue weighted by Gasteiger charge is 2.43. The minimum atomic E-state index is -1.16. The normalized spacial score (nSPS) is 22.1. The first-order chi connectivity index (χ1) is 60.4. The van der Waals surface area contributed by atoms with E-state index in [0.29, 0.717) is 38.5 Å². The van der Waals surface area contributed by atoms with Crippen LogP contribution in [0.15, 0.2) is 243 Å². The number of nitrogens with zero attached hydrogens (tertiary/aromatic N) is 2. The number of nitrogens with one attached hydrogen (secondary N) is 14. The van der Waals surface area contributed by atoms with Gasteiger partial charge in [-0.25, -0.2) is 0 Å². The smallest absolute Gasteiger partial charge is 0.246 e. The highest BCUT2D eigenvalue weighted by molar-refractivity contribution is 6.02. The lowest BCUT2D eigenvalue weighted by Crippen LogP contribution is -2.64. The zero-order valence-electron chi connectivity index (χ0n) is 68.4. The molecule has 4 saturated heterocycles. The molecular weight excluding hydrogens is 1570 g/mol. The van der Waals surface area contributed by atoms with E-state index in [1.165, 1.54) is 9.80 Å². The van der Waals surface area contributed by atoms with Gasteiger partial charge in [-0.2, -0.15) is 0 Å². The predicted octanol–water partition coefficient (Wildman–Crippen LogP) is 6.74. The van der Waals surface area contributed by atoms with Gasteiger partial charge in [-0.3, -0.25) is 57.5 Å². The van der Waals surface area contributed by atoms with E-state index in [4.69, 9.17) is 0 Å². The van der Waals surface area contributed by atoms with Gasteiger partial charge in [0.25, 0.3) is 0 Å². The predicted molar refractivity (Wildman–Crippen MR) is 469 cm³/mol. The summed E-state index contributed by atoms with van der Waals surface area (Å²) in [5.74, 6) is -6.88. The summed E-state index contributed by atoms with van der Waals surface area (Å²) in [7, 11) is 0. The summed E-state index contributed by atoms with van der Waals surface area (Å²) in [4.78, 5) is 188. The summed E-state index contributed by atoms with van der Waals surface area (Å²) in [5, 5.41) is 32.0. The van der Waals surface area contributed by atoms with Crippen molar-refractivity contribution in [3.05, 3.63) is 288 Å². The first-order valence-corrected chi connectivity index (χ1v) is 42.3. The van der Waals surface area contributed by atoms with Gasteiger partial charge in [-0.05, 0) is 107 Å².